The zero-order valence-corrected chi connectivity index (χ0v) is 18.6. The van der Waals surface area contributed by atoms with Gasteiger partial charge in [0.1, 0.15) is 5.69 Å². The summed E-state index contributed by atoms with van der Waals surface area (Å²) in [4.78, 5) is 24.4. The van der Waals surface area contributed by atoms with Crippen LogP contribution in [-0.2, 0) is 9.53 Å². The maximum absolute atomic E-state index is 12.2. The number of hydrogen-bond acceptors (Lipinski definition) is 7. The molecule has 2 N–H and O–H groups in total. The molecular weight excluding hydrogens is 456 g/mol. The lowest BCUT2D eigenvalue weighted by molar-refractivity contribution is -0.124. The number of nitrogens with one attached hydrogen (secondary N) is 2. The van der Waals surface area contributed by atoms with Crippen molar-refractivity contribution in [2.45, 2.75) is 45.1 Å². The standard InChI is InChI=1S/C20H25BrN4O5/c1-3-29-20(27)19-18(23-25-24-19)13-9-15(28-2)16(10-14(13)21)30-11-17(26)22-12-7-5-4-6-8-12/h9-10,12H,3-8,11H2,1-2H3,(H,22,26)(H,23,24,25). The SMILES string of the molecule is CCOC(=O)c1n[nH]nc1-c1cc(OC)c(OCC(=O)NC2CCCCC2)cc1Br. The third-order valence-corrected chi connectivity index (χ3v) is 5.51. The molecule has 9 nitrogen and oxygen atoms in total. The predicted octanol–water partition coefficient (Wildman–Crippen LogP) is 3.25. The Morgan fingerprint density at radius 2 is 1.97 bits per heavy atom. The van der Waals surface area contributed by atoms with Gasteiger partial charge in [0, 0.05) is 16.1 Å². The molecule has 0 saturated heterocycles. The van der Waals surface area contributed by atoms with E-state index in [1.165, 1.54) is 13.5 Å². The number of aromatic amines is 1. The highest BCUT2D eigenvalue weighted by Gasteiger charge is 2.23. The van der Waals surface area contributed by atoms with E-state index in [0.29, 0.717) is 27.2 Å². The van der Waals surface area contributed by atoms with E-state index in [0.717, 1.165) is 25.7 Å². The molecule has 162 valence electrons. The average Bonchev–Trinajstić information content (AvgIpc) is 3.23. The van der Waals surface area contributed by atoms with E-state index in [1.54, 1.807) is 19.1 Å². The third kappa shape index (κ3) is 5.29. The first-order chi connectivity index (χ1) is 14.5. The van der Waals surface area contributed by atoms with Crippen LogP contribution in [0.2, 0.25) is 0 Å². The minimum absolute atomic E-state index is 0.0696. The molecule has 1 saturated carbocycles. The number of methoxy groups -OCH3 is 1. The summed E-state index contributed by atoms with van der Waals surface area (Å²) in [5, 5.41) is 13.4. The Kier molecular flexibility index (Phi) is 7.67. The fourth-order valence-corrected chi connectivity index (χ4v) is 3.92. The van der Waals surface area contributed by atoms with Gasteiger partial charge in [-0.3, -0.25) is 4.79 Å². The van der Waals surface area contributed by atoms with E-state index in [2.05, 4.69) is 36.7 Å². The molecule has 0 radical (unpaired) electrons. The molecule has 0 spiro atoms. The van der Waals surface area contributed by atoms with Crippen molar-refractivity contribution in [2.24, 2.45) is 0 Å². The zero-order chi connectivity index (χ0) is 21.5. The van der Waals surface area contributed by atoms with Crippen molar-refractivity contribution in [3.63, 3.8) is 0 Å². The first-order valence-corrected chi connectivity index (χ1v) is 10.7. The van der Waals surface area contributed by atoms with Crippen LogP contribution in [0.3, 0.4) is 0 Å². The average molecular weight is 481 g/mol. The highest BCUT2D eigenvalue weighted by molar-refractivity contribution is 9.10. The first kappa shape index (κ1) is 22.1. The number of carbonyl (C=O) groups is 2. The first-order valence-electron chi connectivity index (χ1n) is 9.91. The van der Waals surface area contributed by atoms with Crippen LogP contribution in [0.25, 0.3) is 11.3 Å². The van der Waals surface area contributed by atoms with Crippen LogP contribution in [0.4, 0.5) is 0 Å². The number of halogens is 1. The zero-order valence-electron chi connectivity index (χ0n) is 17.0. The monoisotopic (exact) mass is 480 g/mol. The van der Waals surface area contributed by atoms with Crippen molar-refractivity contribution in [3.05, 3.63) is 22.3 Å². The molecule has 2 aromatic rings. The highest BCUT2D eigenvalue weighted by atomic mass is 79.9. The molecule has 3 rings (SSSR count). The van der Waals surface area contributed by atoms with Gasteiger partial charge in [0.25, 0.3) is 5.91 Å². The number of nitrogens with zero attached hydrogens (tertiary/aromatic N) is 2. The Morgan fingerprint density at radius 3 is 2.67 bits per heavy atom. The van der Waals surface area contributed by atoms with Crippen LogP contribution < -0.4 is 14.8 Å². The van der Waals surface area contributed by atoms with E-state index in [-0.39, 0.29) is 30.9 Å². The summed E-state index contributed by atoms with van der Waals surface area (Å²) < 4.78 is 16.7. The molecule has 0 atom stereocenters. The molecule has 1 aromatic heterocycles. The number of hydrogen-bond donors (Lipinski definition) is 2. The Hall–Kier alpha value is -2.62. The van der Waals surface area contributed by atoms with Crippen molar-refractivity contribution < 1.29 is 23.8 Å². The fourth-order valence-electron chi connectivity index (χ4n) is 3.41. The van der Waals surface area contributed by atoms with Gasteiger partial charge in [-0.1, -0.05) is 19.3 Å². The molecule has 0 aliphatic heterocycles. The molecule has 10 heteroatoms. The van der Waals surface area contributed by atoms with Crippen LogP contribution >= 0.6 is 15.9 Å². The minimum atomic E-state index is -0.577. The van der Waals surface area contributed by atoms with Gasteiger partial charge in [0.15, 0.2) is 23.8 Å². The Bertz CT molecular complexity index is 895. The van der Waals surface area contributed by atoms with E-state index in [1.807, 2.05) is 0 Å². The number of esters is 1. The normalized spacial score (nSPS) is 14.2. The molecule has 30 heavy (non-hydrogen) atoms. The summed E-state index contributed by atoms with van der Waals surface area (Å²) in [5.74, 6) is 0.0571. The third-order valence-electron chi connectivity index (χ3n) is 4.85. The number of amides is 1. The lowest BCUT2D eigenvalue weighted by atomic mass is 9.95. The van der Waals surface area contributed by atoms with Crippen molar-refractivity contribution in [1.29, 1.82) is 0 Å². The van der Waals surface area contributed by atoms with E-state index >= 15 is 0 Å². The van der Waals surface area contributed by atoms with Gasteiger partial charge in [-0.2, -0.15) is 10.3 Å². The maximum atomic E-state index is 12.2. The maximum Gasteiger partial charge on any atom is 0.361 e. The Labute approximate surface area is 183 Å². The van der Waals surface area contributed by atoms with Crippen LogP contribution in [0.5, 0.6) is 11.5 Å². The van der Waals surface area contributed by atoms with Crippen LogP contribution in [-0.4, -0.2) is 53.7 Å². The van der Waals surface area contributed by atoms with Crippen LogP contribution in [0.1, 0.15) is 49.5 Å². The number of H-pyrrole nitrogens is 1. The second kappa shape index (κ2) is 10.4. The summed E-state index contributed by atoms with van der Waals surface area (Å²) in [7, 11) is 1.50. The van der Waals surface area contributed by atoms with Gasteiger partial charge < -0.3 is 19.5 Å². The van der Waals surface area contributed by atoms with Gasteiger partial charge in [0.05, 0.1) is 13.7 Å². The molecule has 1 aliphatic rings. The van der Waals surface area contributed by atoms with Gasteiger partial charge in [-0.25, -0.2) is 4.79 Å². The summed E-state index contributed by atoms with van der Waals surface area (Å²) in [6, 6.07) is 3.56. The lowest BCUT2D eigenvalue weighted by Crippen LogP contribution is -2.39. The number of rotatable bonds is 8. The number of aromatic nitrogens is 3. The second-order valence-corrected chi connectivity index (χ2v) is 7.77. The lowest BCUT2D eigenvalue weighted by Gasteiger charge is -2.22. The van der Waals surface area contributed by atoms with E-state index in [4.69, 9.17) is 14.2 Å². The molecule has 0 bridgehead atoms. The van der Waals surface area contributed by atoms with Crippen molar-refractivity contribution >= 4 is 27.8 Å². The minimum Gasteiger partial charge on any atom is -0.493 e. The van der Waals surface area contributed by atoms with E-state index < -0.39 is 5.97 Å². The number of benzene rings is 1. The van der Waals surface area contributed by atoms with E-state index in [9.17, 15) is 9.59 Å². The number of carbonyl (C=O) groups excluding carboxylic acids is 2. The second-order valence-electron chi connectivity index (χ2n) is 6.92. The van der Waals surface area contributed by atoms with Gasteiger partial charge in [-0.15, -0.1) is 5.10 Å². The smallest absolute Gasteiger partial charge is 0.361 e. The molecule has 1 heterocycles. The molecule has 1 amide bonds. The largest absolute Gasteiger partial charge is 0.493 e. The van der Waals surface area contributed by atoms with Crippen molar-refractivity contribution in [3.8, 4) is 22.8 Å². The summed E-state index contributed by atoms with van der Waals surface area (Å²) >= 11 is 3.47. The van der Waals surface area contributed by atoms with Crippen LogP contribution in [0.15, 0.2) is 16.6 Å². The fraction of sp³-hybridized carbons (Fsp3) is 0.500. The van der Waals surface area contributed by atoms with Gasteiger partial charge in [-0.05, 0) is 47.8 Å². The summed E-state index contributed by atoms with van der Waals surface area (Å²) in [6.07, 6.45) is 5.53. The Balaban J connectivity index is 1.74. The molecular formula is C20H25BrN4O5. The van der Waals surface area contributed by atoms with Gasteiger partial charge >= 0.3 is 5.97 Å². The van der Waals surface area contributed by atoms with Crippen molar-refractivity contribution in [1.82, 2.24) is 20.7 Å². The molecule has 1 fully saturated rings. The van der Waals surface area contributed by atoms with Gasteiger partial charge in [0.2, 0.25) is 0 Å². The predicted molar refractivity (Wildman–Crippen MR) is 113 cm³/mol. The summed E-state index contributed by atoms with van der Waals surface area (Å²) in [5.41, 5.74) is 0.961. The quantitative estimate of drug-likeness (QED) is 0.557. The molecule has 1 aromatic carbocycles. The van der Waals surface area contributed by atoms with Crippen LogP contribution in [0, 0.1) is 0 Å². The summed E-state index contributed by atoms with van der Waals surface area (Å²) in [6.45, 7) is 1.83. The Morgan fingerprint density at radius 1 is 1.20 bits per heavy atom. The highest BCUT2D eigenvalue weighted by Crippen LogP contribution is 2.38. The number of ether oxygens (including phenoxy) is 3. The topological polar surface area (TPSA) is 115 Å². The molecule has 1 aliphatic carbocycles. The van der Waals surface area contributed by atoms with Crippen molar-refractivity contribution in [2.75, 3.05) is 20.3 Å². The molecule has 0 unspecified atom stereocenters.